The number of hydrogen-bond acceptors (Lipinski definition) is 10. The Morgan fingerprint density at radius 3 is 2.39 bits per heavy atom. The summed E-state index contributed by atoms with van der Waals surface area (Å²) in [4.78, 5) is 18.0. The molecular formula is C32H44N6O5S. The van der Waals surface area contributed by atoms with Crippen LogP contribution in [0.15, 0.2) is 53.8 Å². The molecule has 0 aliphatic carbocycles. The van der Waals surface area contributed by atoms with Crippen LogP contribution in [-0.2, 0) is 10.0 Å². The second kappa shape index (κ2) is 14.5. The molecule has 4 heterocycles. The maximum Gasteiger partial charge on any atom is 0.243 e. The smallest absolute Gasteiger partial charge is 0.243 e. The van der Waals surface area contributed by atoms with E-state index in [9.17, 15) is 8.42 Å². The SMILES string of the molecule is COc1cc(C)c(S(=O)(=O)N2CCCCC2COc2ccnc(N(C)CCN3CCC(Oc4ccncc4)CC3)n2)c(C)c1. The summed E-state index contributed by atoms with van der Waals surface area (Å²) < 4.78 is 46.9. The van der Waals surface area contributed by atoms with Gasteiger partial charge in [0, 0.05) is 64.4 Å². The van der Waals surface area contributed by atoms with Crippen LogP contribution in [0.25, 0.3) is 0 Å². The summed E-state index contributed by atoms with van der Waals surface area (Å²) in [6.45, 7) is 7.94. The van der Waals surface area contributed by atoms with E-state index in [-0.39, 0.29) is 18.8 Å². The molecule has 0 spiro atoms. The zero-order chi connectivity index (χ0) is 31.1. The van der Waals surface area contributed by atoms with E-state index < -0.39 is 10.0 Å². The molecule has 238 valence electrons. The highest BCUT2D eigenvalue weighted by molar-refractivity contribution is 7.89. The van der Waals surface area contributed by atoms with E-state index in [1.165, 1.54) is 0 Å². The summed E-state index contributed by atoms with van der Waals surface area (Å²) in [5.41, 5.74) is 1.36. The maximum atomic E-state index is 13.9. The standard InChI is InChI=1S/C32H44N6O5S/c1-24-21-29(41-4)22-25(2)31(24)44(39,40)38-16-6-5-7-26(38)23-42-30-10-15-34-32(35-30)36(3)19-20-37-17-11-28(12-18-37)43-27-8-13-33-14-9-27/h8-10,13-15,21-22,26,28H,5-7,11-12,16-20,23H2,1-4H3. The fraction of sp³-hybridized carbons (Fsp3) is 0.531. The number of aryl methyl sites for hydroxylation is 2. The Morgan fingerprint density at radius 2 is 1.68 bits per heavy atom. The number of aromatic nitrogens is 3. The lowest BCUT2D eigenvalue weighted by Crippen LogP contribution is -2.47. The molecule has 0 radical (unpaired) electrons. The lowest BCUT2D eigenvalue weighted by molar-refractivity contribution is 0.102. The van der Waals surface area contributed by atoms with Gasteiger partial charge in [-0.25, -0.2) is 13.4 Å². The third kappa shape index (κ3) is 7.77. The molecule has 0 saturated carbocycles. The number of rotatable bonds is 12. The van der Waals surface area contributed by atoms with Crippen molar-refractivity contribution in [2.45, 2.75) is 63.0 Å². The molecule has 0 bridgehead atoms. The maximum absolute atomic E-state index is 13.9. The van der Waals surface area contributed by atoms with Crippen LogP contribution in [-0.4, -0.2) is 98.2 Å². The van der Waals surface area contributed by atoms with Gasteiger partial charge in [-0.05, 0) is 74.9 Å². The number of anilines is 1. The van der Waals surface area contributed by atoms with E-state index >= 15 is 0 Å². The van der Waals surface area contributed by atoms with E-state index in [2.05, 4.69) is 19.9 Å². The largest absolute Gasteiger partial charge is 0.497 e. The van der Waals surface area contributed by atoms with E-state index in [1.807, 2.05) is 37.9 Å². The number of sulfonamides is 1. The molecular weight excluding hydrogens is 580 g/mol. The average molecular weight is 625 g/mol. The van der Waals surface area contributed by atoms with Crippen LogP contribution in [0.4, 0.5) is 5.95 Å². The normalized spacial score (nSPS) is 18.6. The van der Waals surface area contributed by atoms with Crippen molar-refractivity contribution in [3.05, 3.63) is 60.0 Å². The number of hydrogen-bond donors (Lipinski definition) is 0. The van der Waals surface area contributed by atoms with Gasteiger partial charge in [-0.2, -0.15) is 9.29 Å². The predicted molar refractivity (Wildman–Crippen MR) is 169 cm³/mol. The number of ether oxygens (including phenoxy) is 3. The number of nitrogens with zero attached hydrogens (tertiary/aromatic N) is 6. The van der Waals surface area contributed by atoms with Crippen LogP contribution in [0.2, 0.25) is 0 Å². The zero-order valence-electron chi connectivity index (χ0n) is 26.2. The first-order chi connectivity index (χ1) is 21.2. The number of methoxy groups -OCH3 is 1. The van der Waals surface area contributed by atoms with Crippen LogP contribution >= 0.6 is 0 Å². The number of pyridine rings is 1. The van der Waals surface area contributed by atoms with Gasteiger partial charge in [0.25, 0.3) is 0 Å². The fourth-order valence-electron chi connectivity index (χ4n) is 6.04. The van der Waals surface area contributed by atoms with E-state index in [0.29, 0.717) is 40.1 Å². The summed E-state index contributed by atoms with van der Waals surface area (Å²) in [7, 11) is -0.155. The minimum Gasteiger partial charge on any atom is -0.497 e. The quantitative estimate of drug-likeness (QED) is 0.292. The highest BCUT2D eigenvalue weighted by Crippen LogP contribution is 2.32. The minimum atomic E-state index is -3.72. The number of likely N-dealkylation sites (tertiary alicyclic amines) is 1. The molecule has 1 atom stereocenters. The van der Waals surface area contributed by atoms with Crippen LogP contribution in [0.1, 0.15) is 43.2 Å². The summed E-state index contributed by atoms with van der Waals surface area (Å²) in [5, 5.41) is 0. The van der Waals surface area contributed by atoms with Crippen molar-refractivity contribution >= 4 is 16.0 Å². The predicted octanol–water partition coefficient (Wildman–Crippen LogP) is 4.10. The third-order valence-corrected chi connectivity index (χ3v) is 10.7. The molecule has 0 amide bonds. The van der Waals surface area contributed by atoms with Crippen LogP contribution < -0.4 is 19.1 Å². The fourth-order valence-corrected chi connectivity index (χ4v) is 8.13. The molecule has 0 N–H and O–H groups in total. The minimum absolute atomic E-state index is 0.225. The Hall–Kier alpha value is -3.48. The third-order valence-electron chi connectivity index (χ3n) is 8.43. The van der Waals surface area contributed by atoms with Crippen LogP contribution in [0, 0.1) is 13.8 Å². The molecule has 1 unspecified atom stereocenters. The van der Waals surface area contributed by atoms with E-state index in [0.717, 1.165) is 64.0 Å². The van der Waals surface area contributed by atoms with Gasteiger partial charge in [-0.15, -0.1) is 0 Å². The first-order valence-corrected chi connectivity index (χ1v) is 16.8. The van der Waals surface area contributed by atoms with E-state index in [1.54, 1.807) is 48.2 Å². The zero-order valence-corrected chi connectivity index (χ0v) is 27.0. The molecule has 2 aliphatic heterocycles. The topological polar surface area (TPSA) is 110 Å². The van der Waals surface area contributed by atoms with Crippen molar-refractivity contribution in [2.75, 3.05) is 58.4 Å². The molecule has 2 aliphatic rings. The lowest BCUT2D eigenvalue weighted by atomic mass is 10.1. The Morgan fingerprint density at radius 1 is 0.955 bits per heavy atom. The van der Waals surface area contributed by atoms with Crippen LogP contribution in [0.5, 0.6) is 17.4 Å². The van der Waals surface area contributed by atoms with Crippen molar-refractivity contribution in [3.8, 4) is 17.4 Å². The van der Waals surface area contributed by atoms with Gasteiger partial charge in [-0.3, -0.25) is 4.98 Å². The molecule has 1 aromatic carbocycles. The Balaban J connectivity index is 1.14. The van der Waals surface area contributed by atoms with Gasteiger partial charge in [0.15, 0.2) is 0 Å². The summed E-state index contributed by atoms with van der Waals surface area (Å²) in [6.07, 6.45) is 9.89. The first kappa shape index (κ1) is 31.9. The van der Waals surface area contributed by atoms with Gasteiger partial charge in [0.2, 0.25) is 21.9 Å². The molecule has 5 rings (SSSR count). The second-order valence-electron chi connectivity index (χ2n) is 11.6. The second-order valence-corrected chi connectivity index (χ2v) is 13.5. The van der Waals surface area contributed by atoms with Crippen molar-refractivity contribution in [1.82, 2.24) is 24.2 Å². The van der Waals surface area contributed by atoms with Gasteiger partial charge < -0.3 is 24.0 Å². The molecule has 44 heavy (non-hydrogen) atoms. The Kier molecular flexibility index (Phi) is 10.5. The molecule has 12 heteroatoms. The van der Waals surface area contributed by atoms with Gasteiger partial charge in [-0.1, -0.05) is 6.42 Å². The van der Waals surface area contributed by atoms with Crippen molar-refractivity contribution in [3.63, 3.8) is 0 Å². The molecule has 2 fully saturated rings. The number of benzene rings is 1. The van der Waals surface area contributed by atoms with Crippen molar-refractivity contribution in [2.24, 2.45) is 0 Å². The van der Waals surface area contributed by atoms with Gasteiger partial charge in [0.1, 0.15) is 24.2 Å². The summed E-state index contributed by atoms with van der Waals surface area (Å²) in [5.74, 6) is 2.54. The van der Waals surface area contributed by atoms with Crippen molar-refractivity contribution in [1.29, 1.82) is 0 Å². The summed E-state index contributed by atoms with van der Waals surface area (Å²) in [6, 6.07) is 8.79. The summed E-state index contributed by atoms with van der Waals surface area (Å²) >= 11 is 0. The van der Waals surface area contributed by atoms with Crippen molar-refractivity contribution < 1.29 is 22.6 Å². The monoisotopic (exact) mass is 624 g/mol. The number of likely N-dealkylation sites (N-methyl/N-ethyl adjacent to an activating group) is 1. The molecule has 3 aromatic rings. The number of piperidine rings is 2. The highest BCUT2D eigenvalue weighted by atomic mass is 32.2. The molecule has 11 nitrogen and oxygen atoms in total. The Labute approximate surface area is 261 Å². The molecule has 2 aromatic heterocycles. The van der Waals surface area contributed by atoms with Gasteiger partial charge >= 0.3 is 0 Å². The molecule has 2 saturated heterocycles. The highest BCUT2D eigenvalue weighted by Gasteiger charge is 2.36. The lowest BCUT2D eigenvalue weighted by Gasteiger charge is -2.35. The Bertz CT molecular complexity index is 1460. The van der Waals surface area contributed by atoms with Crippen LogP contribution in [0.3, 0.4) is 0 Å². The van der Waals surface area contributed by atoms with E-state index in [4.69, 9.17) is 14.2 Å². The average Bonchev–Trinajstić information content (AvgIpc) is 3.03. The first-order valence-electron chi connectivity index (χ1n) is 15.4. The van der Waals surface area contributed by atoms with Gasteiger partial charge in [0.05, 0.1) is 18.0 Å².